The zero-order valence-electron chi connectivity index (χ0n) is 13.1. The van der Waals surface area contributed by atoms with Gasteiger partial charge in [0.2, 0.25) is 0 Å². The van der Waals surface area contributed by atoms with Gasteiger partial charge >= 0.3 is 6.09 Å². The van der Waals surface area contributed by atoms with Crippen LogP contribution in [0.15, 0.2) is 24.3 Å². The highest BCUT2D eigenvalue weighted by Crippen LogP contribution is 2.23. The van der Waals surface area contributed by atoms with E-state index in [2.05, 4.69) is 20.7 Å². The number of nitrogens with one attached hydrogen (secondary N) is 2. The highest BCUT2D eigenvalue weighted by atomic mass is 35.5. The Kier molecular flexibility index (Phi) is 6.05. The fourth-order valence-electron chi connectivity index (χ4n) is 2.04. The summed E-state index contributed by atoms with van der Waals surface area (Å²) in [6.07, 6.45) is -0.761. The number of hydrogen-bond donors (Lipinski definition) is 2. The van der Waals surface area contributed by atoms with Crippen LogP contribution in [-0.4, -0.2) is 28.4 Å². The minimum Gasteiger partial charge on any atom is -0.449 e. The number of carbonyl (C=O) groups is 2. The molecular weight excluding hydrogens is 355 g/mol. The van der Waals surface area contributed by atoms with E-state index < -0.39 is 12.0 Å². The van der Waals surface area contributed by atoms with Crippen molar-refractivity contribution in [1.82, 2.24) is 20.6 Å². The number of halogens is 2. The third-order valence-corrected chi connectivity index (χ3v) is 3.88. The lowest BCUT2D eigenvalue weighted by Gasteiger charge is -2.07. The Labute approximate surface area is 148 Å². The number of ether oxygens (including phenoxy) is 1. The molecule has 1 heterocycles. The van der Waals surface area contributed by atoms with E-state index in [1.807, 2.05) is 18.2 Å². The molecule has 2 aromatic rings. The summed E-state index contributed by atoms with van der Waals surface area (Å²) in [7, 11) is 0. The van der Waals surface area contributed by atoms with Crippen molar-refractivity contribution in [2.75, 3.05) is 6.61 Å². The van der Waals surface area contributed by atoms with E-state index in [-0.39, 0.29) is 17.3 Å². The van der Waals surface area contributed by atoms with Crippen molar-refractivity contribution in [2.24, 2.45) is 0 Å². The molecule has 2 amide bonds. The van der Waals surface area contributed by atoms with Crippen LogP contribution in [0, 0.1) is 6.92 Å². The van der Waals surface area contributed by atoms with Gasteiger partial charge in [-0.05, 0) is 25.5 Å². The monoisotopic (exact) mass is 370 g/mol. The summed E-state index contributed by atoms with van der Waals surface area (Å²) in [4.78, 5) is 23.4. The van der Waals surface area contributed by atoms with Crippen LogP contribution in [0.1, 0.15) is 28.5 Å². The van der Waals surface area contributed by atoms with Crippen molar-refractivity contribution in [3.63, 3.8) is 0 Å². The van der Waals surface area contributed by atoms with Crippen LogP contribution >= 0.6 is 23.2 Å². The lowest BCUT2D eigenvalue weighted by Crippen LogP contribution is -2.42. The summed E-state index contributed by atoms with van der Waals surface area (Å²) >= 11 is 12.4. The number of hydrazine groups is 1. The molecule has 9 heteroatoms. The van der Waals surface area contributed by atoms with Crippen molar-refractivity contribution in [2.45, 2.75) is 20.4 Å². The first-order valence-electron chi connectivity index (χ1n) is 7.13. The Hall–Kier alpha value is -2.25. The average Bonchev–Trinajstić information content (AvgIpc) is 2.82. The molecular formula is C15H16Cl2N4O3. The van der Waals surface area contributed by atoms with Gasteiger partial charge in [0.25, 0.3) is 5.91 Å². The van der Waals surface area contributed by atoms with Crippen LogP contribution < -0.4 is 10.9 Å². The number of nitrogens with zero attached hydrogens (tertiary/aromatic N) is 2. The average molecular weight is 371 g/mol. The van der Waals surface area contributed by atoms with Gasteiger partial charge in [-0.1, -0.05) is 41.4 Å². The highest BCUT2D eigenvalue weighted by Gasteiger charge is 2.21. The molecule has 7 nitrogen and oxygen atoms in total. The zero-order chi connectivity index (χ0) is 17.7. The number of amides is 2. The minimum atomic E-state index is -0.761. The van der Waals surface area contributed by atoms with E-state index in [4.69, 9.17) is 23.2 Å². The second-order valence-corrected chi connectivity index (χ2v) is 5.57. The molecule has 0 bridgehead atoms. The predicted octanol–water partition coefficient (Wildman–Crippen LogP) is 2.94. The van der Waals surface area contributed by atoms with Crippen LogP contribution in [-0.2, 0) is 11.3 Å². The molecule has 0 unspecified atom stereocenters. The number of aryl methyl sites for hydroxylation is 1. The molecule has 0 fully saturated rings. The SMILES string of the molecule is CCOC(=O)NNC(=O)c1c(C)nn(Cc2ccccc2Cl)c1Cl. The van der Waals surface area contributed by atoms with E-state index in [1.54, 1.807) is 19.9 Å². The van der Waals surface area contributed by atoms with Gasteiger partial charge in [0.05, 0.1) is 18.8 Å². The smallest absolute Gasteiger partial charge is 0.426 e. The second-order valence-electron chi connectivity index (χ2n) is 4.80. The third kappa shape index (κ3) is 4.18. The Morgan fingerprint density at radius 2 is 1.96 bits per heavy atom. The molecule has 0 saturated heterocycles. The van der Waals surface area contributed by atoms with Crippen molar-refractivity contribution < 1.29 is 14.3 Å². The van der Waals surface area contributed by atoms with Gasteiger partial charge in [0.15, 0.2) is 0 Å². The molecule has 0 aliphatic heterocycles. The molecule has 128 valence electrons. The fourth-order valence-corrected chi connectivity index (χ4v) is 2.56. The van der Waals surface area contributed by atoms with Gasteiger partial charge in [0, 0.05) is 5.02 Å². The lowest BCUT2D eigenvalue weighted by atomic mass is 10.2. The predicted molar refractivity (Wildman–Crippen MR) is 90.2 cm³/mol. The highest BCUT2D eigenvalue weighted by molar-refractivity contribution is 6.33. The first kappa shape index (κ1) is 18.1. The molecule has 0 saturated carbocycles. The van der Waals surface area contributed by atoms with Gasteiger partial charge in [0.1, 0.15) is 10.7 Å². The van der Waals surface area contributed by atoms with Crippen LogP contribution in [0.2, 0.25) is 10.2 Å². The first-order valence-corrected chi connectivity index (χ1v) is 7.89. The van der Waals surface area contributed by atoms with Crippen LogP contribution in [0.3, 0.4) is 0 Å². The topological polar surface area (TPSA) is 85.2 Å². The lowest BCUT2D eigenvalue weighted by molar-refractivity contribution is 0.0912. The van der Waals surface area contributed by atoms with E-state index in [1.165, 1.54) is 4.68 Å². The normalized spacial score (nSPS) is 10.3. The summed E-state index contributed by atoms with van der Waals surface area (Å²) in [5, 5.41) is 4.98. The van der Waals surface area contributed by atoms with E-state index in [9.17, 15) is 9.59 Å². The maximum Gasteiger partial charge on any atom is 0.426 e. The Morgan fingerprint density at radius 1 is 1.25 bits per heavy atom. The van der Waals surface area contributed by atoms with Crippen LogP contribution in [0.4, 0.5) is 4.79 Å². The molecule has 0 atom stereocenters. The number of carbonyl (C=O) groups excluding carboxylic acids is 2. The van der Waals surface area contributed by atoms with Gasteiger partial charge in [-0.2, -0.15) is 5.10 Å². The summed E-state index contributed by atoms with van der Waals surface area (Å²) in [6.45, 7) is 3.81. The van der Waals surface area contributed by atoms with Gasteiger partial charge < -0.3 is 4.74 Å². The van der Waals surface area contributed by atoms with Crippen LogP contribution in [0.25, 0.3) is 0 Å². The molecule has 2 rings (SSSR count). The van der Waals surface area contributed by atoms with E-state index in [0.29, 0.717) is 17.3 Å². The largest absolute Gasteiger partial charge is 0.449 e. The van der Waals surface area contributed by atoms with Crippen molar-refractivity contribution in [3.05, 3.63) is 51.3 Å². The summed E-state index contributed by atoms with van der Waals surface area (Å²) in [5.41, 5.74) is 5.77. The number of rotatable bonds is 4. The number of benzene rings is 1. The maximum absolute atomic E-state index is 12.2. The molecule has 0 radical (unpaired) electrons. The maximum atomic E-state index is 12.2. The van der Waals surface area contributed by atoms with Gasteiger partial charge in [-0.15, -0.1) is 0 Å². The second kappa shape index (κ2) is 8.03. The van der Waals surface area contributed by atoms with Crippen molar-refractivity contribution in [1.29, 1.82) is 0 Å². The Bertz CT molecular complexity index is 761. The molecule has 2 N–H and O–H groups in total. The first-order chi connectivity index (χ1) is 11.4. The number of aromatic nitrogens is 2. The van der Waals surface area contributed by atoms with E-state index in [0.717, 1.165) is 5.56 Å². The summed E-state index contributed by atoms with van der Waals surface area (Å²) in [6, 6.07) is 7.28. The Balaban J connectivity index is 2.15. The quantitative estimate of drug-likeness (QED) is 0.810. The van der Waals surface area contributed by atoms with Crippen molar-refractivity contribution in [3.8, 4) is 0 Å². The Morgan fingerprint density at radius 3 is 2.62 bits per heavy atom. The van der Waals surface area contributed by atoms with Gasteiger partial charge in [-0.25, -0.2) is 14.9 Å². The zero-order valence-corrected chi connectivity index (χ0v) is 14.6. The van der Waals surface area contributed by atoms with Crippen LogP contribution in [0.5, 0.6) is 0 Å². The van der Waals surface area contributed by atoms with E-state index >= 15 is 0 Å². The molecule has 0 aliphatic rings. The molecule has 1 aromatic carbocycles. The molecule has 0 aliphatic carbocycles. The fraction of sp³-hybridized carbons (Fsp3) is 0.267. The third-order valence-electron chi connectivity index (χ3n) is 3.12. The molecule has 24 heavy (non-hydrogen) atoms. The van der Waals surface area contributed by atoms with Gasteiger partial charge in [-0.3, -0.25) is 10.2 Å². The summed E-state index contributed by atoms with van der Waals surface area (Å²) < 4.78 is 6.12. The van der Waals surface area contributed by atoms with Crippen molar-refractivity contribution >= 4 is 35.2 Å². The molecule has 1 aromatic heterocycles. The standard InChI is InChI=1S/C15H16Cl2N4O3/c1-3-24-15(23)19-18-14(22)12-9(2)20-21(13(12)17)8-10-6-4-5-7-11(10)16/h4-7H,3,8H2,1-2H3,(H,18,22)(H,19,23). The molecule has 0 spiro atoms. The number of hydrogen-bond acceptors (Lipinski definition) is 4. The minimum absolute atomic E-state index is 0.149. The summed E-state index contributed by atoms with van der Waals surface area (Å²) in [5.74, 6) is -0.587.